The van der Waals surface area contributed by atoms with E-state index < -0.39 is 9.84 Å². The van der Waals surface area contributed by atoms with Crippen LogP contribution in [-0.4, -0.2) is 43.9 Å². The molecule has 1 aromatic rings. The van der Waals surface area contributed by atoms with Gasteiger partial charge in [-0.15, -0.1) is 0 Å². The van der Waals surface area contributed by atoms with Crippen LogP contribution in [-0.2, 0) is 9.84 Å². The Morgan fingerprint density at radius 3 is 2.90 bits per heavy atom. The molecule has 0 spiro atoms. The predicted molar refractivity (Wildman–Crippen MR) is 77.0 cm³/mol. The van der Waals surface area contributed by atoms with Gasteiger partial charge in [0.1, 0.15) is 0 Å². The number of hydrogen-bond acceptors (Lipinski definition) is 5. The SMILES string of the molecule is O=S1(=O)C[C@@H]2NC(=S)N(c3ccc4c(c3)OCO4)[C@@H]2C1. The summed E-state index contributed by atoms with van der Waals surface area (Å²) >= 11 is 5.33. The maximum Gasteiger partial charge on any atom is 0.231 e. The van der Waals surface area contributed by atoms with Crippen molar-refractivity contribution in [3.05, 3.63) is 18.2 Å². The number of hydrogen-bond donors (Lipinski definition) is 1. The van der Waals surface area contributed by atoms with Crippen molar-refractivity contribution in [1.29, 1.82) is 0 Å². The molecule has 0 bridgehead atoms. The summed E-state index contributed by atoms with van der Waals surface area (Å²) in [6, 6.07) is 5.25. The van der Waals surface area contributed by atoms with Gasteiger partial charge < -0.3 is 19.7 Å². The van der Waals surface area contributed by atoms with Crippen LogP contribution in [0.25, 0.3) is 0 Å². The standard InChI is InChI=1S/C12H12N2O4S2/c15-20(16)4-8-9(5-20)14(12(19)13-8)7-1-2-10-11(3-7)18-6-17-10/h1-3,8-9H,4-6H2,(H,13,19)/t8-,9+/m0/s1. The van der Waals surface area contributed by atoms with E-state index in [0.29, 0.717) is 16.6 Å². The van der Waals surface area contributed by atoms with Crippen LogP contribution >= 0.6 is 12.2 Å². The van der Waals surface area contributed by atoms with Crippen LogP contribution < -0.4 is 19.7 Å². The number of nitrogens with zero attached hydrogens (tertiary/aromatic N) is 1. The van der Waals surface area contributed by atoms with E-state index in [1.807, 2.05) is 23.1 Å². The average Bonchev–Trinajstić information content (AvgIpc) is 3.00. The Bertz CT molecular complexity index is 703. The van der Waals surface area contributed by atoms with Gasteiger partial charge in [0.05, 0.1) is 23.6 Å². The third kappa shape index (κ3) is 1.75. The number of rotatable bonds is 1. The first-order chi connectivity index (χ1) is 9.53. The molecule has 106 valence electrons. The van der Waals surface area contributed by atoms with Crippen LogP contribution in [0.4, 0.5) is 5.69 Å². The van der Waals surface area contributed by atoms with Gasteiger partial charge in [-0.3, -0.25) is 0 Å². The average molecular weight is 312 g/mol. The normalized spacial score (nSPS) is 29.4. The van der Waals surface area contributed by atoms with Crippen LogP contribution in [0.5, 0.6) is 11.5 Å². The minimum absolute atomic E-state index is 0.124. The van der Waals surface area contributed by atoms with E-state index in [2.05, 4.69) is 5.32 Å². The molecule has 2 saturated heterocycles. The van der Waals surface area contributed by atoms with E-state index in [9.17, 15) is 8.42 Å². The zero-order valence-corrected chi connectivity index (χ0v) is 12.0. The quantitative estimate of drug-likeness (QED) is 0.747. The van der Waals surface area contributed by atoms with Gasteiger partial charge in [0, 0.05) is 11.8 Å². The highest BCUT2D eigenvalue weighted by molar-refractivity contribution is 7.91. The topological polar surface area (TPSA) is 67.9 Å². The Hall–Kier alpha value is -1.54. The van der Waals surface area contributed by atoms with Crippen LogP contribution in [0.1, 0.15) is 0 Å². The van der Waals surface area contributed by atoms with Crippen molar-refractivity contribution >= 4 is 32.9 Å². The number of ether oxygens (including phenoxy) is 2. The highest BCUT2D eigenvalue weighted by Gasteiger charge is 2.47. The first-order valence-electron chi connectivity index (χ1n) is 6.23. The van der Waals surface area contributed by atoms with Crippen molar-refractivity contribution in [3.63, 3.8) is 0 Å². The Morgan fingerprint density at radius 2 is 2.05 bits per heavy atom. The molecule has 2 atom stereocenters. The molecule has 0 aliphatic carbocycles. The lowest BCUT2D eigenvalue weighted by atomic mass is 10.1. The largest absolute Gasteiger partial charge is 0.454 e. The molecule has 0 amide bonds. The minimum atomic E-state index is -3.00. The van der Waals surface area contributed by atoms with E-state index >= 15 is 0 Å². The van der Waals surface area contributed by atoms with Gasteiger partial charge in [0.2, 0.25) is 6.79 Å². The van der Waals surface area contributed by atoms with Crippen molar-refractivity contribution in [2.24, 2.45) is 0 Å². The number of anilines is 1. The molecule has 0 saturated carbocycles. The summed E-state index contributed by atoms with van der Waals surface area (Å²) in [5, 5.41) is 3.66. The van der Waals surface area contributed by atoms with E-state index in [0.717, 1.165) is 5.69 Å². The highest BCUT2D eigenvalue weighted by atomic mass is 32.2. The Labute approximate surface area is 121 Å². The van der Waals surface area contributed by atoms with Crippen LogP contribution in [0.2, 0.25) is 0 Å². The smallest absolute Gasteiger partial charge is 0.231 e. The number of thiocarbonyl (C=S) groups is 1. The van der Waals surface area contributed by atoms with Gasteiger partial charge in [-0.2, -0.15) is 0 Å². The van der Waals surface area contributed by atoms with Crippen LogP contribution in [0, 0.1) is 0 Å². The Morgan fingerprint density at radius 1 is 1.25 bits per heavy atom. The van der Waals surface area contributed by atoms with E-state index in [1.165, 1.54) is 0 Å². The third-order valence-corrected chi connectivity index (χ3v) is 5.85. The summed E-state index contributed by atoms with van der Waals surface area (Å²) in [7, 11) is -3.00. The van der Waals surface area contributed by atoms with E-state index in [1.54, 1.807) is 0 Å². The second-order valence-electron chi connectivity index (χ2n) is 5.11. The third-order valence-electron chi connectivity index (χ3n) is 3.82. The number of benzene rings is 1. The van der Waals surface area contributed by atoms with Crippen molar-refractivity contribution in [3.8, 4) is 11.5 Å². The molecular formula is C12H12N2O4S2. The zero-order valence-electron chi connectivity index (χ0n) is 10.4. The molecule has 1 N–H and O–H groups in total. The second-order valence-corrected chi connectivity index (χ2v) is 7.65. The highest BCUT2D eigenvalue weighted by Crippen LogP contribution is 2.38. The molecule has 2 fully saturated rings. The second kappa shape index (κ2) is 3.98. The van der Waals surface area contributed by atoms with Gasteiger partial charge in [0.25, 0.3) is 0 Å². The van der Waals surface area contributed by atoms with Crippen molar-refractivity contribution in [2.45, 2.75) is 12.1 Å². The first-order valence-corrected chi connectivity index (χ1v) is 8.46. The molecule has 20 heavy (non-hydrogen) atoms. The molecule has 3 aliphatic rings. The molecule has 4 rings (SSSR count). The van der Waals surface area contributed by atoms with Gasteiger partial charge >= 0.3 is 0 Å². The minimum Gasteiger partial charge on any atom is -0.454 e. The molecule has 1 aromatic carbocycles. The maximum atomic E-state index is 11.8. The monoisotopic (exact) mass is 312 g/mol. The predicted octanol–water partition coefficient (Wildman–Crippen LogP) is 0.275. The van der Waals surface area contributed by atoms with Crippen molar-refractivity contribution in [1.82, 2.24) is 5.32 Å². The molecule has 8 heteroatoms. The van der Waals surface area contributed by atoms with Gasteiger partial charge in [0.15, 0.2) is 26.4 Å². The fraction of sp³-hybridized carbons (Fsp3) is 0.417. The fourth-order valence-electron chi connectivity index (χ4n) is 2.94. The molecule has 3 aliphatic heterocycles. The summed E-state index contributed by atoms with van der Waals surface area (Å²) in [6.07, 6.45) is 0. The number of sulfone groups is 1. The molecule has 3 heterocycles. The fourth-order valence-corrected chi connectivity index (χ4v) is 5.23. The molecule has 0 radical (unpaired) electrons. The summed E-state index contributed by atoms with van der Waals surface area (Å²) in [5.74, 6) is 1.62. The van der Waals surface area contributed by atoms with E-state index in [-0.39, 0.29) is 30.4 Å². The first kappa shape index (κ1) is 12.2. The van der Waals surface area contributed by atoms with Crippen LogP contribution in [0.15, 0.2) is 18.2 Å². The maximum absolute atomic E-state index is 11.8. The zero-order chi connectivity index (χ0) is 13.9. The van der Waals surface area contributed by atoms with Crippen LogP contribution in [0.3, 0.4) is 0 Å². The lowest BCUT2D eigenvalue weighted by molar-refractivity contribution is 0.174. The lowest BCUT2D eigenvalue weighted by Gasteiger charge is -2.23. The number of fused-ring (bicyclic) bond motifs is 2. The molecule has 0 unspecified atom stereocenters. The van der Waals surface area contributed by atoms with Crippen molar-refractivity contribution < 1.29 is 17.9 Å². The summed E-state index contributed by atoms with van der Waals surface area (Å²) < 4.78 is 34.2. The van der Waals surface area contributed by atoms with Gasteiger partial charge in [-0.1, -0.05) is 0 Å². The summed E-state index contributed by atoms with van der Waals surface area (Å²) in [5.41, 5.74) is 0.830. The lowest BCUT2D eigenvalue weighted by Crippen LogP contribution is -2.36. The number of nitrogens with one attached hydrogen (secondary N) is 1. The summed E-state index contributed by atoms with van der Waals surface area (Å²) in [6.45, 7) is 0.210. The Balaban J connectivity index is 1.72. The summed E-state index contributed by atoms with van der Waals surface area (Å²) in [4.78, 5) is 1.87. The van der Waals surface area contributed by atoms with E-state index in [4.69, 9.17) is 21.7 Å². The molecule has 0 aromatic heterocycles. The molecule has 6 nitrogen and oxygen atoms in total. The molecular weight excluding hydrogens is 300 g/mol. The van der Waals surface area contributed by atoms with Gasteiger partial charge in [-0.05, 0) is 24.4 Å². The Kier molecular flexibility index (Phi) is 2.43. The van der Waals surface area contributed by atoms with Gasteiger partial charge in [-0.25, -0.2) is 8.42 Å². The van der Waals surface area contributed by atoms with Crippen molar-refractivity contribution in [2.75, 3.05) is 23.2 Å².